The molecule has 0 aromatic heterocycles. The molecule has 0 saturated carbocycles. The highest BCUT2D eigenvalue weighted by atomic mass is 79.9. The average Bonchev–Trinajstić information content (AvgIpc) is 2.42. The molecule has 0 spiro atoms. The van der Waals surface area contributed by atoms with Gasteiger partial charge in [-0.3, -0.25) is 0 Å². The standard InChI is InChI=1S/C14H19BrO4/c1-8-6-10(15)9(2)12(14(8)17-3)13(16)11-7-18-4-5-19-11/h6,11,13,16H,4-5,7H2,1-3H3. The first-order valence-corrected chi connectivity index (χ1v) is 7.06. The van der Waals surface area contributed by atoms with E-state index in [1.165, 1.54) is 0 Å². The van der Waals surface area contributed by atoms with Crippen LogP contribution in [0.15, 0.2) is 10.5 Å². The topological polar surface area (TPSA) is 47.9 Å². The lowest BCUT2D eigenvalue weighted by molar-refractivity contribution is -0.133. The number of benzene rings is 1. The van der Waals surface area contributed by atoms with E-state index in [1.807, 2.05) is 19.9 Å². The van der Waals surface area contributed by atoms with Crippen LogP contribution in [0.2, 0.25) is 0 Å². The van der Waals surface area contributed by atoms with Gasteiger partial charge in [0.25, 0.3) is 0 Å². The molecule has 1 aromatic carbocycles. The summed E-state index contributed by atoms with van der Waals surface area (Å²) < 4.78 is 17.3. The fourth-order valence-electron chi connectivity index (χ4n) is 2.38. The monoisotopic (exact) mass is 330 g/mol. The molecule has 106 valence electrons. The van der Waals surface area contributed by atoms with Gasteiger partial charge in [0.1, 0.15) is 18.0 Å². The van der Waals surface area contributed by atoms with E-state index < -0.39 is 6.10 Å². The molecule has 2 rings (SSSR count). The van der Waals surface area contributed by atoms with Gasteiger partial charge in [-0.2, -0.15) is 0 Å². The van der Waals surface area contributed by atoms with E-state index in [0.29, 0.717) is 25.6 Å². The first-order chi connectivity index (χ1) is 9.06. The van der Waals surface area contributed by atoms with Crippen molar-refractivity contribution in [3.8, 4) is 5.75 Å². The van der Waals surface area contributed by atoms with E-state index in [2.05, 4.69) is 15.9 Å². The van der Waals surface area contributed by atoms with Crippen molar-refractivity contribution in [2.75, 3.05) is 26.9 Å². The Bertz CT molecular complexity index is 455. The molecule has 2 atom stereocenters. The molecule has 0 aliphatic carbocycles. The van der Waals surface area contributed by atoms with Crippen molar-refractivity contribution >= 4 is 15.9 Å². The van der Waals surface area contributed by atoms with Crippen molar-refractivity contribution in [3.63, 3.8) is 0 Å². The molecule has 1 heterocycles. The third-order valence-corrected chi connectivity index (χ3v) is 4.23. The van der Waals surface area contributed by atoms with Crippen LogP contribution in [0.4, 0.5) is 0 Å². The SMILES string of the molecule is COc1c(C)cc(Br)c(C)c1C(O)C1COCCO1. The second-order valence-corrected chi connectivity index (χ2v) is 5.53. The Balaban J connectivity index is 2.41. The van der Waals surface area contributed by atoms with E-state index in [1.54, 1.807) is 7.11 Å². The van der Waals surface area contributed by atoms with Gasteiger partial charge in [0.15, 0.2) is 0 Å². The molecule has 1 aromatic rings. The number of aliphatic hydroxyl groups excluding tert-OH is 1. The predicted octanol–water partition coefficient (Wildman–Crippen LogP) is 2.52. The molecule has 19 heavy (non-hydrogen) atoms. The minimum Gasteiger partial charge on any atom is -0.496 e. The third kappa shape index (κ3) is 2.94. The number of hydrogen-bond donors (Lipinski definition) is 1. The minimum absolute atomic E-state index is 0.352. The van der Waals surface area contributed by atoms with Crippen LogP contribution in [0.25, 0.3) is 0 Å². The first-order valence-electron chi connectivity index (χ1n) is 6.27. The highest BCUT2D eigenvalue weighted by Gasteiger charge is 2.29. The molecule has 1 saturated heterocycles. The van der Waals surface area contributed by atoms with Crippen molar-refractivity contribution in [3.05, 3.63) is 27.2 Å². The van der Waals surface area contributed by atoms with Gasteiger partial charge in [-0.05, 0) is 31.0 Å². The van der Waals surface area contributed by atoms with E-state index >= 15 is 0 Å². The minimum atomic E-state index is -0.758. The van der Waals surface area contributed by atoms with Gasteiger partial charge in [-0.25, -0.2) is 0 Å². The summed E-state index contributed by atoms with van der Waals surface area (Å²) in [5, 5.41) is 10.6. The summed E-state index contributed by atoms with van der Waals surface area (Å²) in [5.41, 5.74) is 2.71. The lowest BCUT2D eigenvalue weighted by Crippen LogP contribution is -2.34. The smallest absolute Gasteiger partial charge is 0.128 e. The van der Waals surface area contributed by atoms with Crippen LogP contribution in [0, 0.1) is 13.8 Å². The van der Waals surface area contributed by atoms with Gasteiger partial charge in [0, 0.05) is 10.0 Å². The molecule has 1 fully saturated rings. The van der Waals surface area contributed by atoms with Crippen LogP contribution in [0.1, 0.15) is 22.8 Å². The van der Waals surface area contributed by atoms with E-state index in [-0.39, 0.29) is 6.10 Å². The normalized spacial score (nSPS) is 21.2. The summed E-state index contributed by atoms with van der Waals surface area (Å²) in [6, 6.07) is 1.99. The van der Waals surface area contributed by atoms with Crippen LogP contribution in [-0.2, 0) is 9.47 Å². The summed E-state index contributed by atoms with van der Waals surface area (Å²) >= 11 is 3.51. The predicted molar refractivity (Wildman–Crippen MR) is 75.7 cm³/mol. The zero-order chi connectivity index (χ0) is 14.0. The van der Waals surface area contributed by atoms with Crippen LogP contribution in [-0.4, -0.2) is 38.1 Å². The van der Waals surface area contributed by atoms with Gasteiger partial charge >= 0.3 is 0 Å². The molecular formula is C14H19BrO4. The first kappa shape index (κ1) is 14.8. The third-order valence-electron chi connectivity index (χ3n) is 3.40. The summed E-state index contributed by atoms with van der Waals surface area (Å²) in [6.45, 7) is 5.40. The Morgan fingerprint density at radius 3 is 2.74 bits per heavy atom. The van der Waals surface area contributed by atoms with Gasteiger partial charge < -0.3 is 19.3 Å². The molecule has 1 aliphatic heterocycles. The Morgan fingerprint density at radius 2 is 2.16 bits per heavy atom. The van der Waals surface area contributed by atoms with Crippen molar-refractivity contribution < 1.29 is 19.3 Å². The van der Waals surface area contributed by atoms with Crippen molar-refractivity contribution in [2.24, 2.45) is 0 Å². The maximum absolute atomic E-state index is 10.6. The second kappa shape index (κ2) is 6.22. The number of halogens is 1. The molecule has 2 unspecified atom stereocenters. The molecule has 1 N–H and O–H groups in total. The highest BCUT2D eigenvalue weighted by molar-refractivity contribution is 9.10. The van der Waals surface area contributed by atoms with Gasteiger partial charge in [0.05, 0.1) is 26.9 Å². The second-order valence-electron chi connectivity index (χ2n) is 4.68. The number of aliphatic hydroxyl groups is 1. The zero-order valence-electron chi connectivity index (χ0n) is 11.4. The number of methoxy groups -OCH3 is 1. The fraction of sp³-hybridized carbons (Fsp3) is 0.571. The van der Waals surface area contributed by atoms with E-state index in [0.717, 1.165) is 21.2 Å². The Labute approximate surface area is 121 Å². The molecule has 1 aliphatic rings. The number of hydrogen-bond acceptors (Lipinski definition) is 4. The maximum Gasteiger partial charge on any atom is 0.128 e. The lowest BCUT2D eigenvalue weighted by atomic mass is 9.95. The Hall–Kier alpha value is -0.620. The molecule has 0 radical (unpaired) electrons. The Kier molecular flexibility index (Phi) is 4.84. The van der Waals surface area contributed by atoms with Crippen LogP contribution >= 0.6 is 15.9 Å². The number of ether oxygens (including phenoxy) is 3. The van der Waals surface area contributed by atoms with Gasteiger partial charge in [0.2, 0.25) is 0 Å². The number of rotatable bonds is 3. The quantitative estimate of drug-likeness (QED) is 0.925. The van der Waals surface area contributed by atoms with E-state index in [4.69, 9.17) is 14.2 Å². The van der Waals surface area contributed by atoms with Crippen molar-refractivity contribution in [1.82, 2.24) is 0 Å². The van der Waals surface area contributed by atoms with Crippen molar-refractivity contribution in [1.29, 1.82) is 0 Å². The van der Waals surface area contributed by atoms with Gasteiger partial charge in [-0.1, -0.05) is 15.9 Å². The summed E-state index contributed by atoms with van der Waals surface area (Å²) in [7, 11) is 1.62. The molecule has 0 bridgehead atoms. The van der Waals surface area contributed by atoms with E-state index in [9.17, 15) is 5.11 Å². The highest BCUT2D eigenvalue weighted by Crippen LogP contribution is 2.38. The largest absolute Gasteiger partial charge is 0.496 e. The molecule has 0 amide bonds. The Morgan fingerprint density at radius 1 is 1.42 bits per heavy atom. The van der Waals surface area contributed by atoms with Gasteiger partial charge in [-0.15, -0.1) is 0 Å². The molecule has 5 heteroatoms. The maximum atomic E-state index is 10.6. The summed E-state index contributed by atoms with van der Waals surface area (Å²) in [4.78, 5) is 0. The molecule has 4 nitrogen and oxygen atoms in total. The molecular weight excluding hydrogens is 312 g/mol. The fourth-order valence-corrected chi connectivity index (χ4v) is 2.93. The lowest BCUT2D eigenvalue weighted by Gasteiger charge is -2.29. The van der Waals surface area contributed by atoms with Crippen molar-refractivity contribution in [2.45, 2.75) is 26.1 Å². The van der Waals surface area contributed by atoms with Crippen LogP contribution < -0.4 is 4.74 Å². The summed E-state index contributed by atoms with van der Waals surface area (Å²) in [6.07, 6.45) is -1.11. The summed E-state index contributed by atoms with van der Waals surface area (Å²) in [5.74, 6) is 0.711. The van der Waals surface area contributed by atoms with Crippen LogP contribution in [0.5, 0.6) is 5.75 Å². The number of aryl methyl sites for hydroxylation is 1. The van der Waals surface area contributed by atoms with Crippen LogP contribution in [0.3, 0.4) is 0 Å². The average molecular weight is 331 g/mol. The zero-order valence-corrected chi connectivity index (χ0v) is 13.0.